The van der Waals surface area contributed by atoms with E-state index < -0.39 is 41.7 Å². The van der Waals surface area contributed by atoms with Gasteiger partial charge in [0, 0.05) is 36.9 Å². The lowest BCUT2D eigenvalue weighted by atomic mass is 9.83. The van der Waals surface area contributed by atoms with Crippen LogP contribution in [0.3, 0.4) is 0 Å². The van der Waals surface area contributed by atoms with E-state index in [-0.39, 0.29) is 41.9 Å². The lowest BCUT2D eigenvalue weighted by molar-refractivity contribution is -0.152. The highest BCUT2D eigenvalue weighted by atomic mass is 19.1. The summed E-state index contributed by atoms with van der Waals surface area (Å²) < 4.78 is 40.1. The Hall–Kier alpha value is -3.73. The molecule has 0 bridgehead atoms. The second-order valence-corrected chi connectivity index (χ2v) is 8.97. The highest BCUT2D eigenvalue weighted by Gasteiger charge is 2.31. The molecule has 39 heavy (non-hydrogen) atoms. The van der Waals surface area contributed by atoms with Crippen molar-refractivity contribution in [2.24, 2.45) is 11.8 Å². The van der Waals surface area contributed by atoms with Crippen molar-refractivity contribution in [3.63, 3.8) is 0 Å². The summed E-state index contributed by atoms with van der Waals surface area (Å²) in [6, 6.07) is 0.337. The number of halogens is 1. The van der Waals surface area contributed by atoms with E-state index in [9.17, 15) is 18.8 Å². The maximum atomic E-state index is 13.6. The normalized spacial score (nSPS) is 14.5. The molecular formula is C28H39FN2O8. The van der Waals surface area contributed by atoms with Crippen LogP contribution in [-0.4, -0.2) is 62.9 Å². The zero-order valence-electron chi connectivity index (χ0n) is 23.8. The number of hydrogen-bond acceptors (Lipinski definition) is 9. The van der Waals surface area contributed by atoms with Crippen LogP contribution in [0.25, 0.3) is 0 Å². The third-order valence-corrected chi connectivity index (χ3v) is 5.67. The number of ether oxygens (including phenoxy) is 5. The lowest BCUT2D eigenvalue weighted by Gasteiger charge is -2.30. The van der Waals surface area contributed by atoms with Gasteiger partial charge in [-0.3, -0.25) is 9.59 Å². The number of amides is 1. The Morgan fingerprint density at radius 1 is 1.15 bits per heavy atom. The zero-order chi connectivity index (χ0) is 29.7. The number of rotatable bonds is 15. The lowest BCUT2D eigenvalue weighted by Crippen LogP contribution is -2.42. The largest absolute Gasteiger partial charge is 0.496 e. The summed E-state index contributed by atoms with van der Waals surface area (Å²) >= 11 is 0. The van der Waals surface area contributed by atoms with Gasteiger partial charge in [-0.1, -0.05) is 26.5 Å². The van der Waals surface area contributed by atoms with E-state index in [0.717, 1.165) is 0 Å². The van der Waals surface area contributed by atoms with Gasteiger partial charge in [0.15, 0.2) is 11.4 Å². The first-order valence-corrected chi connectivity index (χ1v) is 12.4. The maximum Gasteiger partial charge on any atom is 0.328 e. The average Bonchev–Trinajstić information content (AvgIpc) is 2.88. The zero-order valence-corrected chi connectivity index (χ0v) is 23.8. The Kier molecular flexibility index (Phi) is 13.9. The molecule has 0 unspecified atom stereocenters. The van der Waals surface area contributed by atoms with Crippen LogP contribution in [0.5, 0.6) is 11.5 Å². The van der Waals surface area contributed by atoms with Crippen molar-refractivity contribution in [2.75, 3.05) is 27.9 Å². The van der Waals surface area contributed by atoms with Gasteiger partial charge < -0.3 is 29.0 Å². The molecule has 0 aliphatic heterocycles. The molecule has 1 aromatic heterocycles. The van der Waals surface area contributed by atoms with Crippen LogP contribution in [0, 0.1) is 11.8 Å². The van der Waals surface area contributed by atoms with E-state index in [4.69, 9.17) is 23.7 Å². The Labute approximate surface area is 229 Å². The first kappa shape index (κ1) is 33.3. The number of aromatic nitrogens is 1. The second-order valence-electron chi connectivity index (χ2n) is 8.97. The molecule has 1 rings (SSSR count). The van der Waals surface area contributed by atoms with E-state index in [1.165, 1.54) is 53.5 Å². The molecular weight excluding hydrogens is 511 g/mol. The second kappa shape index (κ2) is 16.3. The van der Waals surface area contributed by atoms with Gasteiger partial charge in [0.25, 0.3) is 5.91 Å². The Morgan fingerprint density at radius 2 is 1.82 bits per heavy atom. The van der Waals surface area contributed by atoms with Crippen molar-refractivity contribution < 1.29 is 42.5 Å². The van der Waals surface area contributed by atoms with E-state index in [1.54, 1.807) is 13.0 Å². The molecule has 0 spiro atoms. The SMILES string of the molecule is C=C/C(=C(\C=C(/C)F)OC)[C@H](C(C)C)[C@H](C)OC(=O)[C@H](C)NC(=O)c1nccc(OC)c1OC(=O)CCOC. The fraction of sp³-hybridized carbons (Fsp3) is 0.500. The molecule has 216 valence electrons. The first-order chi connectivity index (χ1) is 18.4. The number of hydrogen-bond donors (Lipinski definition) is 1. The number of carbonyl (C=O) groups is 3. The summed E-state index contributed by atoms with van der Waals surface area (Å²) in [6.07, 6.45) is 3.35. The predicted octanol–water partition coefficient (Wildman–Crippen LogP) is 4.31. The summed E-state index contributed by atoms with van der Waals surface area (Å²) in [7, 11) is 4.20. The van der Waals surface area contributed by atoms with Gasteiger partial charge in [0.1, 0.15) is 23.7 Å². The highest BCUT2D eigenvalue weighted by molar-refractivity contribution is 5.98. The third kappa shape index (κ3) is 9.82. The molecule has 0 saturated heterocycles. The van der Waals surface area contributed by atoms with Gasteiger partial charge >= 0.3 is 11.9 Å². The fourth-order valence-electron chi connectivity index (χ4n) is 3.88. The number of allylic oxidation sites excluding steroid dienone is 3. The number of esters is 2. The molecule has 1 amide bonds. The minimum Gasteiger partial charge on any atom is -0.496 e. The van der Waals surface area contributed by atoms with Gasteiger partial charge in [-0.25, -0.2) is 14.2 Å². The molecule has 0 saturated carbocycles. The summed E-state index contributed by atoms with van der Waals surface area (Å²) in [5, 5.41) is 2.52. The van der Waals surface area contributed by atoms with Crippen LogP contribution in [-0.2, 0) is 23.8 Å². The number of methoxy groups -OCH3 is 3. The van der Waals surface area contributed by atoms with Gasteiger partial charge in [-0.2, -0.15) is 0 Å². The van der Waals surface area contributed by atoms with Crippen LogP contribution in [0.15, 0.2) is 48.2 Å². The molecule has 0 fully saturated rings. The van der Waals surface area contributed by atoms with E-state index in [0.29, 0.717) is 5.57 Å². The van der Waals surface area contributed by atoms with Crippen molar-refractivity contribution in [3.05, 3.63) is 53.8 Å². The standard InChI is InChI=1S/C28H39FN2O8/c1-10-20(22(37-9)15-17(4)29)24(16(2)3)19(6)38-28(34)18(5)31-27(33)25-26(21(36-8)11-13-30-25)39-23(32)12-14-35-7/h10-11,13,15-16,18-19,24H,1,12,14H2,2-9H3,(H,31,33)/b17-15+,22-20-/t18-,19-,24+/m0/s1. The monoisotopic (exact) mass is 550 g/mol. The van der Waals surface area contributed by atoms with Crippen molar-refractivity contribution >= 4 is 17.8 Å². The number of nitrogens with zero attached hydrogens (tertiary/aromatic N) is 1. The minimum absolute atomic E-state index is 0.0412. The number of carbonyl (C=O) groups excluding carboxylic acids is 3. The van der Waals surface area contributed by atoms with Crippen molar-refractivity contribution in [2.45, 2.75) is 53.2 Å². The number of nitrogens with one attached hydrogen (secondary N) is 1. The Balaban J connectivity index is 3.14. The van der Waals surface area contributed by atoms with Crippen molar-refractivity contribution in [3.8, 4) is 11.5 Å². The van der Waals surface area contributed by atoms with E-state index in [2.05, 4.69) is 16.9 Å². The fourth-order valence-corrected chi connectivity index (χ4v) is 3.88. The smallest absolute Gasteiger partial charge is 0.328 e. The number of pyridine rings is 1. The topological polar surface area (TPSA) is 122 Å². The van der Waals surface area contributed by atoms with Gasteiger partial charge in [0.2, 0.25) is 5.75 Å². The molecule has 1 heterocycles. The van der Waals surface area contributed by atoms with E-state index in [1.807, 2.05) is 13.8 Å². The maximum absolute atomic E-state index is 13.6. The first-order valence-electron chi connectivity index (χ1n) is 12.4. The third-order valence-electron chi connectivity index (χ3n) is 5.67. The van der Waals surface area contributed by atoms with Crippen LogP contribution in [0.1, 0.15) is 51.5 Å². The summed E-state index contributed by atoms with van der Waals surface area (Å²) in [6.45, 7) is 12.2. The van der Waals surface area contributed by atoms with Gasteiger partial charge in [-0.15, -0.1) is 0 Å². The van der Waals surface area contributed by atoms with Crippen LogP contribution in [0.4, 0.5) is 4.39 Å². The molecule has 1 N–H and O–H groups in total. The minimum atomic E-state index is -1.09. The molecule has 11 heteroatoms. The summed E-state index contributed by atoms with van der Waals surface area (Å²) in [4.78, 5) is 42.1. The molecule has 1 aromatic rings. The molecule has 10 nitrogen and oxygen atoms in total. The van der Waals surface area contributed by atoms with Crippen LogP contribution >= 0.6 is 0 Å². The van der Waals surface area contributed by atoms with Gasteiger partial charge in [-0.05, 0) is 26.7 Å². The van der Waals surface area contributed by atoms with Crippen molar-refractivity contribution in [1.82, 2.24) is 10.3 Å². The Bertz CT molecular complexity index is 1080. The molecule has 0 aliphatic rings. The summed E-state index contributed by atoms with van der Waals surface area (Å²) in [5.41, 5.74) is 0.324. The molecule has 0 aromatic carbocycles. The Morgan fingerprint density at radius 3 is 2.33 bits per heavy atom. The van der Waals surface area contributed by atoms with Crippen LogP contribution in [0.2, 0.25) is 0 Å². The predicted molar refractivity (Wildman–Crippen MR) is 143 cm³/mol. The quantitative estimate of drug-likeness (QED) is 0.193. The van der Waals surface area contributed by atoms with Crippen molar-refractivity contribution in [1.29, 1.82) is 0 Å². The van der Waals surface area contributed by atoms with Gasteiger partial charge in [0.05, 0.1) is 27.2 Å². The van der Waals surface area contributed by atoms with E-state index >= 15 is 0 Å². The molecule has 0 aliphatic carbocycles. The highest BCUT2D eigenvalue weighted by Crippen LogP contribution is 2.32. The van der Waals surface area contributed by atoms with Crippen LogP contribution < -0.4 is 14.8 Å². The molecule has 3 atom stereocenters. The average molecular weight is 551 g/mol. The summed E-state index contributed by atoms with van der Waals surface area (Å²) in [5.74, 6) is -2.85. The molecule has 0 radical (unpaired) electrons.